The lowest BCUT2D eigenvalue weighted by Gasteiger charge is -2.24. The van der Waals surface area contributed by atoms with Gasteiger partial charge in [0, 0.05) is 11.1 Å². The van der Waals surface area contributed by atoms with Gasteiger partial charge in [-0.2, -0.15) is 0 Å². The summed E-state index contributed by atoms with van der Waals surface area (Å²) in [6, 6.07) is 7.40. The fraction of sp³-hybridized carbons (Fsp3) is 0.579. The lowest BCUT2D eigenvalue weighted by Crippen LogP contribution is -3.12. The van der Waals surface area contributed by atoms with E-state index in [4.69, 9.17) is 9.47 Å². The van der Waals surface area contributed by atoms with E-state index in [1.165, 1.54) is 10.5 Å². The quantitative estimate of drug-likeness (QED) is 0.763. The van der Waals surface area contributed by atoms with E-state index >= 15 is 0 Å². The molecule has 1 fully saturated rings. The number of carbonyl (C=O) groups is 2. The fourth-order valence-corrected chi connectivity index (χ4v) is 2.64. The first-order valence-electron chi connectivity index (χ1n) is 8.78. The number of quaternary nitrogens is 1. The van der Waals surface area contributed by atoms with Crippen LogP contribution in [0.2, 0.25) is 0 Å². The molecule has 1 aliphatic rings. The van der Waals surface area contributed by atoms with Crippen LogP contribution in [0.5, 0.6) is 0 Å². The predicted octanol–water partition coefficient (Wildman–Crippen LogP) is 0.562. The topological polar surface area (TPSA) is 69.1 Å². The minimum Gasteiger partial charge on any atom is -0.449 e. The van der Waals surface area contributed by atoms with Gasteiger partial charge in [-0.3, -0.25) is 4.79 Å². The Morgan fingerprint density at radius 1 is 1.20 bits per heavy atom. The minimum atomic E-state index is -0.829. The molecule has 0 radical (unpaired) electrons. The molecule has 1 aromatic rings. The van der Waals surface area contributed by atoms with Gasteiger partial charge in [-0.25, -0.2) is 4.79 Å². The third-order valence-electron chi connectivity index (χ3n) is 3.99. The molecule has 0 aromatic heterocycles. The van der Waals surface area contributed by atoms with Gasteiger partial charge in [0.1, 0.15) is 19.6 Å². The van der Waals surface area contributed by atoms with Gasteiger partial charge in [-0.15, -0.1) is 0 Å². The summed E-state index contributed by atoms with van der Waals surface area (Å²) in [5.74, 6) is -0.782. The van der Waals surface area contributed by atoms with Gasteiger partial charge in [-0.05, 0) is 39.8 Å². The first-order chi connectivity index (χ1) is 11.7. The van der Waals surface area contributed by atoms with Crippen LogP contribution in [0.1, 0.15) is 43.6 Å². The number of amides is 1. The van der Waals surface area contributed by atoms with Crippen LogP contribution in [0.25, 0.3) is 0 Å². The Kier molecular flexibility index (Phi) is 6.56. The van der Waals surface area contributed by atoms with E-state index < -0.39 is 12.1 Å². The Labute approximate surface area is 149 Å². The number of hydrogen-bond donors (Lipinski definition) is 2. The van der Waals surface area contributed by atoms with Gasteiger partial charge >= 0.3 is 5.97 Å². The van der Waals surface area contributed by atoms with Gasteiger partial charge in [0.05, 0.1) is 18.8 Å². The average Bonchev–Trinajstić information content (AvgIpc) is 2.54. The van der Waals surface area contributed by atoms with Crippen molar-refractivity contribution in [1.29, 1.82) is 0 Å². The van der Waals surface area contributed by atoms with E-state index in [9.17, 15) is 9.59 Å². The molecule has 6 heteroatoms. The van der Waals surface area contributed by atoms with E-state index in [1.54, 1.807) is 19.1 Å². The van der Waals surface area contributed by atoms with Gasteiger partial charge in [-0.1, -0.05) is 12.1 Å². The van der Waals surface area contributed by atoms with Crippen LogP contribution in [0.3, 0.4) is 0 Å². The smallest absolute Gasteiger partial charge is 0.338 e. The van der Waals surface area contributed by atoms with Crippen molar-refractivity contribution in [1.82, 2.24) is 5.32 Å². The molecule has 1 heterocycles. The number of esters is 1. The first kappa shape index (κ1) is 19.4. The molecule has 6 nitrogen and oxygen atoms in total. The molecule has 0 saturated carbocycles. The molecule has 138 valence electrons. The lowest BCUT2D eigenvalue weighted by molar-refractivity contribution is -0.921. The molecular formula is C19H29N2O4+. The molecule has 0 spiro atoms. The number of rotatable bonds is 5. The zero-order valence-electron chi connectivity index (χ0n) is 15.6. The lowest BCUT2D eigenvalue weighted by atomic mass is 10.1. The maximum Gasteiger partial charge on any atom is 0.338 e. The highest BCUT2D eigenvalue weighted by Gasteiger charge is 2.23. The molecule has 1 aliphatic heterocycles. The fourth-order valence-electron chi connectivity index (χ4n) is 2.64. The van der Waals surface area contributed by atoms with Crippen molar-refractivity contribution >= 4 is 11.9 Å². The molecule has 2 N–H and O–H groups in total. The van der Waals surface area contributed by atoms with E-state index in [1.807, 2.05) is 32.9 Å². The molecule has 1 atom stereocenters. The van der Waals surface area contributed by atoms with Gasteiger partial charge in [0.2, 0.25) is 0 Å². The predicted molar refractivity (Wildman–Crippen MR) is 94.4 cm³/mol. The SMILES string of the molecule is C[C@H](OC(=O)c1ccc(C[NH+]2CCOCC2)cc1)C(=O)NC(C)(C)C. The van der Waals surface area contributed by atoms with Crippen molar-refractivity contribution in [2.75, 3.05) is 26.3 Å². The number of ether oxygens (including phenoxy) is 2. The second-order valence-corrected chi connectivity index (χ2v) is 7.52. The van der Waals surface area contributed by atoms with E-state index in [2.05, 4.69) is 5.32 Å². The van der Waals surface area contributed by atoms with Gasteiger partial charge < -0.3 is 19.7 Å². The molecule has 1 saturated heterocycles. The van der Waals surface area contributed by atoms with Crippen LogP contribution < -0.4 is 10.2 Å². The molecule has 2 rings (SSSR count). The second kappa shape index (κ2) is 8.45. The van der Waals surface area contributed by atoms with E-state index in [-0.39, 0.29) is 11.4 Å². The standard InChI is InChI=1S/C19H28N2O4/c1-14(17(22)20-19(2,3)4)25-18(23)16-7-5-15(6-8-16)13-21-9-11-24-12-10-21/h5-8,14H,9-13H2,1-4H3,(H,20,22)/p+1/t14-/m0/s1. The van der Waals surface area contributed by atoms with Crippen molar-refractivity contribution in [3.63, 3.8) is 0 Å². The number of carbonyl (C=O) groups excluding carboxylic acids is 2. The average molecular weight is 349 g/mol. The molecule has 1 aromatic carbocycles. The van der Waals surface area contributed by atoms with Crippen LogP contribution in [0, 0.1) is 0 Å². The highest BCUT2D eigenvalue weighted by atomic mass is 16.5. The number of hydrogen-bond acceptors (Lipinski definition) is 4. The highest BCUT2D eigenvalue weighted by Crippen LogP contribution is 2.08. The van der Waals surface area contributed by atoms with Crippen molar-refractivity contribution in [2.24, 2.45) is 0 Å². The number of morpholine rings is 1. The molecule has 0 aliphatic carbocycles. The Bertz CT molecular complexity index is 586. The van der Waals surface area contributed by atoms with E-state index in [0.29, 0.717) is 5.56 Å². The van der Waals surface area contributed by atoms with Crippen molar-refractivity contribution in [3.8, 4) is 0 Å². The zero-order chi connectivity index (χ0) is 18.4. The van der Waals surface area contributed by atoms with Crippen LogP contribution in [0.4, 0.5) is 0 Å². The normalized spacial score (nSPS) is 17.0. The summed E-state index contributed by atoms with van der Waals surface area (Å²) in [5.41, 5.74) is 1.27. The third-order valence-corrected chi connectivity index (χ3v) is 3.99. The molecular weight excluding hydrogens is 320 g/mol. The Balaban J connectivity index is 1.88. The number of nitrogens with one attached hydrogen (secondary N) is 2. The molecule has 25 heavy (non-hydrogen) atoms. The first-order valence-corrected chi connectivity index (χ1v) is 8.78. The summed E-state index contributed by atoms with van der Waals surface area (Å²) in [6.45, 7) is 11.8. The van der Waals surface area contributed by atoms with E-state index in [0.717, 1.165) is 32.8 Å². The van der Waals surface area contributed by atoms with Crippen molar-refractivity contribution < 1.29 is 24.0 Å². The molecule has 0 unspecified atom stereocenters. The molecule has 1 amide bonds. The second-order valence-electron chi connectivity index (χ2n) is 7.52. The van der Waals surface area contributed by atoms with Gasteiger partial charge in [0.15, 0.2) is 6.10 Å². The van der Waals surface area contributed by atoms with Crippen LogP contribution >= 0.6 is 0 Å². The van der Waals surface area contributed by atoms with Crippen LogP contribution in [-0.2, 0) is 20.8 Å². The zero-order valence-corrected chi connectivity index (χ0v) is 15.6. The maximum atomic E-state index is 12.2. The van der Waals surface area contributed by atoms with Crippen LogP contribution in [0.15, 0.2) is 24.3 Å². The summed E-state index contributed by atoms with van der Waals surface area (Å²) in [5, 5.41) is 2.80. The molecule has 0 bridgehead atoms. The van der Waals surface area contributed by atoms with Crippen LogP contribution in [-0.4, -0.2) is 49.8 Å². The maximum absolute atomic E-state index is 12.2. The van der Waals surface area contributed by atoms with Gasteiger partial charge in [0.25, 0.3) is 5.91 Å². The van der Waals surface area contributed by atoms with Crippen molar-refractivity contribution in [3.05, 3.63) is 35.4 Å². The summed E-state index contributed by atoms with van der Waals surface area (Å²) >= 11 is 0. The third kappa shape index (κ3) is 6.48. The Morgan fingerprint density at radius 3 is 2.36 bits per heavy atom. The number of benzene rings is 1. The summed E-state index contributed by atoms with van der Waals surface area (Å²) in [7, 11) is 0. The monoisotopic (exact) mass is 349 g/mol. The minimum absolute atomic E-state index is 0.298. The Hall–Kier alpha value is -1.92. The van der Waals surface area contributed by atoms with Crippen molar-refractivity contribution in [2.45, 2.75) is 45.9 Å². The largest absolute Gasteiger partial charge is 0.449 e. The highest BCUT2D eigenvalue weighted by molar-refractivity contribution is 5.92. The Morgan fingerprint density at radius 2 is 1.80 bits per heavy atom. The summed E-state index contributed by atoms with van der Waals surface area (Å²) in [4.78, 5) is 25.7. The summed E-state index contributed by atoms with van der Waals surface area (Å²) < 4.78 is 10.6. The summed E-state index contributed by atoms with van der Waals surface area (Å²) in [6.07, 6.45) is -0.829.